The highest BCUT2D eigenvalue weighted by molar-refractivity contribution is 5.62. The first-order valence-electron chi connectivity index (χ1n) is 8.41. The van der Waals surface area contributed by atoms with Crippen LogP contribution in [0.2, 0.25) is 0 Å². The summed E-state index contributed by atoms with van der Waals surface area (Å²) in [7, 11) is 0. The molecule has 146 valence electrons. The fraction of sp³-hybridized carbons (Fsp3) is 0.211. The van der Waals surface area contributed by atoms with Crippen molar-refractivity contribution in [1.82, 2.24) is 15.0 Å². The standard InChI is InChI=1S/C19H17F4N5/c20-12-5-2-1-4-11(8-9-12)10-13-16(24)27-18(28-17(13)25)14-6-3-7-15(26-14)19(21,22)23/h1-7H,8-10H2,(H4,24,25,27,28)/b2-1-,11-4+,12-5+. The van der Waals surface area contributed by atoms with E-state index in [1.165, 1.54) is 18.2 Å². The van der Waals surface area contributed by atoms with Crippen LogP contribution in [0.1, 0.15) is 24.1 Å². The van der Waals surface area contributed by atoms with E-state index in [2.05, 4.69) is 15.0 Å². The van der Waals surface area contributed by atoms with Gasteiger partial charge in [0.05, 0.1) is 0 Å². The van der Waals surface area contributed by atoms with Crippen LogP contribution in [0.4, 0.5) is 29.2 Å². The highest BCUT2D eigenvalue weighted by Gasteiger charge is 2.32. The molecular formula is C19H17F4N5. The summed E-state index contributed by atoms with van der Waals surface area (Å²) in [5.41, 5.74) is 12.2. The topological polar surface area (TPSA) is 90.7 Å². The first kappa shape index (κ1) is 19.5. The Morgan fingerprint density at radius 1 is 0.929 bits per heavy atom. The van der Waals surface area contributed by atoms with Crippen LogP contribution >= 0.6 is 0 Å². The lowest BCUT2D eigenvalue weighted by molar-refractivity contribution is -0.141. The SMILES string of the molecule is Nc1nc(-c2cccc(C(F)(F)F)n2)nc(N)c1C/C1=C/C=C\C=C(\F)CC1. The Morgan fingerprint density at radius 2 is 1.61 bits per heavy atom. The van der Waals surface area contributed by atoms with Gasteiger partial charge in [-0.3, -0.25) is 0 Å². The van der Waals surface area contributed by atoms with E-state index in [1.807, 2.05) is 6.08 Å². The second kappa shape index (κ2) is 7.79. The molecular weight excluding hydrogens is 374 g/mol. The Hall–Kier alpha value is -3.23. The van der Waals surface area contributed by atoms with Crippen LogP contribution in [0.5, 0.6) is 0 Å². The van der Waals surface area contributed by atoms with Crippen molar-refractivity contribution in [3.8, 4) is 11.5 Å². The molecule has 1 aliphatic carbocycles. The molecule has 9 heteroatoms. The zero-order valence-electron chi connectivity index (χ0n) is 14.7. The van der Waals surface area contributed by atoms with Gasteiger partial charge >= 0.3 is 6.18 Å². The van der Waals surface area contributed by atoms with Crippen molar-refractivity contribution in [1.29, 1.82) is 0 Å². The Kier molecular flexibility index (Phi) is 5.43. The normalized spacial score (nSPS) is 19.7. The predicted molar refractivity (Wildman–Crippen MR) is 98.4 cm³/mol. The highest BCUT2D eigenvalue weighted by atomic mass is 19.4. The maximum Gasteiger partial charge on any atom is 0.433 e. The molecule has 4 N–H and O–H groups in total. The molecule has 5 nitrogen and oxygen atoms in total. The zero-order valence-corrected chi connectivity index (χ0v) is 14.7. The largest absolute Gasteiger partial charge is 0.433 e. The van der Waals surface area contributed by atoms with Crippen molar-refractivity contribution in [3.05, 3.63) is 65.2 Å². The second-order valence-corrected chi connectivity index (χ2v) is 6.20. The number of allylic oxidation sites excluding steroid dienone is 6. The number of nitrogens with zero attached hydrogens (tertiary/aromatic N) is 3. The second-order valence-electron chi connectivity index (χ2n) is 6.20. The van der Waals surface area contributed by atoms with Gasteiger partial charge in [0.1, 0.15) is 28.9 Å². The van der Waals surface area contributed by atoms with E-state index < -0.39 is 11.9 Å². The molecule has 2 aromatic heterocycles. The lowest BCUT2D eigenvalue weighted by atomic mass is 9.99. The van der Waals surface area contributed by atoms with Crippen LogP contribution in [0, 0.1) is 0 Å². The number of rotatable bonds is 3. The third kappa shape index (κ3) is 4.54. The zero-order chi connectivity index (χ0) is 20.3. The number of anilines is 2. The summed E-state index contributed by atoms with van der Waals surface area (Å²) >= 11 is 0. The Balaban J connectivity index is 1.90. The number of nitrogens with two attached hydrogens (primary N) is 2. The van der Waals surface area contributed by atoms with Crippen molar-refractivity contribution < 1.29 is 17.6 Å². The molecule has 0 spiro atoms. The molecule has 1 aliphatic rings. The van der Waals surface area contributed by atoms with Crippen molar-refractivity contribution in [2.75, 3.05) is 11.5 Å². The number of halogens is 4. The minimum Gasteiger partial charge on any atom is -0.383 e. The lowest BCUT2D eigenvalue weighted by Gasteiger charge is -2.13. The molecule has 0 saturated carbocycles. The summed E-state index contributed by atoms with van der Waals surface area (Å²) in [5.74, 6) is -0.232. The van der Waals surface area contributed by atoms with E-state index >= 15 is 0 Å². The predicted octanol–water partition coefficient (Wildman–Crippen LogP) is 4.39. The third-order valence-electron chi connectivity index (χ3n) is 4.15. The van der Waals surface area contributed by atoms with Crippen LogP contribution in [-0.2, 0) is 12.6 Å². The summed E-state index contributed by atoms with van der Waals surface area (Å²) < 4.78 is 52.1. The van der Waals surface area contributed by atoms with Crippen molar-refractivity contribution in [3.63, 3.8) is 0 Å². The molecule has 2 heterocycles. The van der Waals surface area contributed by atoms with Crippen LogP contribution in [0.3, 0.4) is 0 Å². The van der Waals surface area contributed by atoms with Crippen LogP contribution in [0.15, 0.2) is 53.9 Å². The molecule has 2 aromatic rings. The molecule has 0 bridgehead atoms. The third-order valence-corrected chi connectivity index (χ3v) is 4.15. The van der Waals surface area contributed by atoms with Gasteiger partial charge < -0.3 is 11.5 Å². The Labute approximate surface area is 158 Å². The summed E-state index contributed by atoms with van der Waals surface area (Å²) in [5, 5.41) is 0. The molecule has 0 aromatic carbocycles. The molecule has 3 rings (SSSR count). The number of hydrogen-bond acceptors (Lipinski definition) is 5. The minimum atomic E-state index is -4.59. The smallest absolute Gasteiger partial charge is 0.383 e. The number of nitrogen functional groups attached to an aromatic ring is 2. The molecule has 0 aliphatic heterocycles. The van der Waals surface area contributed by atoms with Gasteiger partial charge in [-0.05, 0) is 24.6 Å². The van der Waals surface area contributed by atoms with Gasteiger partial charge in [-0.15, -0.1) is 0 Å². The minimum absolute atomic E-state index is 0.0460. The van der Waals surface area contributed by atoms with Gasteiger partial charge in [-0.25, -0.2) is 19.3 Å². The van der Waals surface area contributed by atoms with Gasteiger partial charge in [0, 0.05) is 18.4 Å². The molecule has 0 saturated heterocycles. The number of pyridine rings is 1. The summed E-state index contributed by atoms with van der Waals surface area (Å²) in [6, 6.07) is 3.41. The van der Waals surface area contributed by atoms with Crippen LogP contribution in [0.25, 0.3) is 11.5 Å². The van der Waals surface area contributed by atoms with E-state index in [1.54, 1.807) is 12.2 Å². The molecule has 0 radical (unpaired) electrons. The highest BCUT2D eigenvalue weighted by Crippen LogP contribution is 2.30. The maximum absolute atomic E-state index is 13.5. The van der Waals surface area contributed by atoms with E-state index in [0.29, 0.717) is 18.4 Å². The van der Waals surface area contributed by atoms with Crippen molar-refractivity contribution in [2.24, 2.45) is 0 Å². The number of hydrogen-bond donors (Lipinski definition) is 2. The van der Waals surface area contributed by atoms with Crippen molar-refractivity contribution in [2.45, 2.75) is 25.4 Å². The number of aromatic nitrogens is 3. The average Bonchev–Trinajstić information content (AvgIpc) is 2.62. The monoisotopic (exact) mass is 391 g/mol. The average molecular weight is 391 g/mol. The molecule has 0 amide bonds. The molecule has 0 atom stereocenters. The van der Waals surface area contributed by atoms with E-state index in [-0.39, 0.29) is 35.4 Å². The van der Waals surface area contributed by atoms with Crippen LogP contribution in [-0.4, -0.2) is 15.0 Å². The Morgan fingerprint density at radius 3 is 2.29 bits per heavy atom. The van der Waals surface area contributed by atoms with E-state index in [0.717, 1.165) is 11.6 Å². The molecule has 0 fully saturated rings. The van der Waals surface area contributed by atoms with Gasteiger partial charge in [-0.2, -0.15) is 13.2 Å². The lowest BCUT2D eigenvalue weighted by Crippen LogP contribution is -2.11. The summed E-state index contributed by atoms with van der Waals surface area (Å²) in [6.07, 6.45) is 2.99. The molecule has 28 heavy (non-hydrogen) atoms. The first-order chi connectivity index (χ1) is 13.2. The van der Waals surface area contributed by atoms with Crippen molar-refractivity contribution >= 4 is 11.6 Å². The Bertz CT molecular complexity index is 954. The quantitative estimate of drug-likeness (QED) is 0.757. The number of alkyl halides is 3. The summed E-state index contributed by atoms with van der Waals surface area (Å²) in [6.45, 7) is 0. The van der Waals surface area contributed by atoms with Gasteiger partial charge in [0.2, 0.25) is 0 Å². The fourth-order valence-electron chi connectivity index (χ4n) is 2.70. The van der Waals surface area contributed by atoms with Gasteiger partial charge in [0.25, 0.3) is 0 Å². The van der Waals surface area contributed by atoms with Crippen LogP contribution < -0.4 is 11.5 Å². The van der Waals surface area contributed by atoms with E-state index in [4.69, 9.17) is 11.5 Å². The summed E-state index contributed by atoms with van der Waals surface area (Å²) in [4.78, 5) is 11.7. The van der Waals surface area contributed by atoms with E-state index in [9.17, 15) is 17.6 Å². The maximum atomic E-state index is 13.5. The fourth-order valence-corrected chi connectivity index (χ4v) is 2.70. The van der Waals surface area contributed by atoms with Gasteiger partial charge in [-0.1, -0.05) is 29.9 Å². The van der Waals surface area contributed by atoms with Gasteiger partial charge in [0.15, 0.2) is 5.82 Å². The molecule has 0 unspecified atom stereocenters. The first-order valence-corrected chi connectivity index (χ1v) is 8.41.